The van der Waals surface area contributed by atoms with Gasteiger partial charge in [-0.05, 0) is 59.9 Å². The highest BCUT2D eigenvalue weighted by Crippen LogP contribution is 2.25. The second-order valence-electron chi connectivity index (χ2n) is 3.93. The molecule has 0 aromatic heterocycles. The monoisotopic (exact) mass is 269 g/mol. The van der Waals surface area contributed by atoms with E-state index in [1.165, 1.54) is 12.8 Å². The van der Waals surface area contributed by atoms with Crippen LogP contribution in [0.4, 0.5) is 0 Å². The van der Waals surface area contributed by atoms with Gasteiger partial charge in [0.05, 0.1) is 11.1 Å². The van der Waals surface area contributed by atoms with Crippen molar-refractivity contribution in [1.29, 1.82) is 0 Å². The molecule has 2 nitrogen and oxygen atoms in total. The molecule has 1 aliphatic rings. The summed E-state index contributed by atoms with van der Waals surface area (Å²) in [6.45, 7) is 3.10. The predicted molar refractivity (Wildman–Crippen MR) is 65.2 cm³/mol. The van der Waals surface area contributed by atoms with Gasteiger partial charge >= 0.3 is 0 Å². The average Bonchev–Trinajstić information content (AvgIpc) is 2.29. The Morgan fingerprint density at radius 1 is 1.27 bits per heavy atom. The lowest BCUT2D eigenvalue weighted by Crippen LogP contribution is -2.30. The average molecular weight is 270 g/mol. The molecule has 0 amide bonds. The van der Waals surface area contributed by atoms with E-state index >= 15 is 0 Å². The molecular weight excluding hydrogens is 254 g/mol. The van der Waals surface area contributed by atoms with E-state index in [9.17, 15) is 0 Å². The summed E-state index contributed by atoms with van der Waals surface area (Å²) in [7, 11) is 0. The molecule has 3 heteroatoms. The molecular formula is C12H16BrNO. The number of benzene rings is 1. The van der Waals surface area contributed by atoms with E-state index in [2.05, 4.69) is 21.2 Å². The van der Waals surface area contributed by atoms with Crippen LogP contribution in [0.3, 0.4) is 0 Å². The van der Waals surface area contributed by atoms with E-state index in [4.69, 9.17) is 4.74 Å². The van der Waals surface area contributed by atoms with Crippen LogP contribution in [-0.2, 0) is 0 Å². The first-order valence-electron chi connectivity index (χ1n) is 5.44. The standard InChI is InChI=1S/C12H16BrNO/c13-11-3-1-2-4-12(11)15-9-10-5-7-14-8-6-10/h1-4,10,14H,5-9H2. The van der Waals surface area contributed by atoms with Crippen molar-refractivity contribution >= 4 is 15.9 Å². The van der Waals surface area contributed by atoms with Crippen molar-refractivity contribution in [2.24, 2.45) is 5.92 Å². The number of piperidine rings is 1. The minimum absolute atomic E-state index is 0.707. The third-order valence-corrected chi connectivity index (χ3v) is 3.43. The van der Waals surface area contributed by atoms with Crippen molar-refractivity contribution in [2.45, 2.75) is 12.8 Å². The molecule has 1 N–H and O–H groups in total. The maximum atomic E-state index is 5.80. The molecule has 1 fully saturated rings. The Kier molecular flexibility index (Phi) is 4.03. The summed E-state index contributed by atoms with van der Waals surface area (Å²) in [4.78, 5) is 0. The first-order valence-corrected chi connectivity index (χ1v) is 6.23. The largest absolute Gasteiger partial charge is 0.492 e. The van der Waals surface area contributed by atoms with E-state index in [1.807, 2.05) is 24.3 Å². The zero-order valence-corrected chi connectivity index (χ0v) is 10.3. The molecule has 1 aliphatic heterocycles. The lowest BCUT2D eigenvalue weighted by atomic mass is 9.99. The van der Waals surface area contributed by atoms with Gasteiger partial charge in [-0.1, -0.05) is 12.1 Å². The first kappa shape index (κ1) is 11.0. The van der Waals surface area contributed by atoms with E-state index in [0.29, 0.717) is 5.92 Å². The third kappa shape index (κ3) is 3.21. The summed E-state index contributed by atoms with van der Waals surface area (Å²) >= 11 is 3.48. The quantitative estimate of drug-likeness (QED) is 0.911. The van der Waals surface area contributed by atoms with Crippen LogP contribution in [0.25, 0.3) is 0 Å². The predicted octanol–water partition coefficient (Wildman–Crippen LogP) is 2.83. The SMILES string of the molecule is Brc1ccccc1OCC1CCNCC1. The van der Waals surface area contributed by atoms with E-state index in [0.717, 1.165) is 29.9 Å². The first-order chi connectivity index (χ1) is 7.36. The molecule has 0 radical (unpaired) electrons. The fraction of sp³-hybridized carbons (Fsp3) is 0.500. The molecule has 0 unspecified atom stereocenters. The molecule has 0 saturated carbocycles. The number of para-hydroxylation sites is 1. The lowest BCUT2D eigenvalue weighted by Gasteiger charge is -2.22. The topological polar surface area (TPSA) is 21.3 Å². The van der Waals surface area contributed by atoms with Gasteiger partial charge in [0.1, 0.15) is 5.75 Å². The molecule has 0 aliphatic carbocycles. The summed E-state index contributed by atoms with van der Waals surface area (Å²) in [5.74, 6) is 1.66. The van der Waals surface area contributed by atoms with Crippen LogP contribution in [0.1, 0.15) is 12.8 Å². The summed E-state index contributed by atoms with van der Waals surface area (Å²) in [6, 6.07) is 8.02. The number of hydrogen-bond acceptors (Lipinski definition) is 2. The Morgan fingerprint density at radius 2 is 2.00 bits per heavy atom. The zero-order chi connectivity index (χ0) is 10.5. The Hall–Kier alpha value is -0.540. The van der Waals surface area contributed by atoms with Crippen molar-refractivity contribution in [3.8, 4) is 5.75 Å². The van der Waals surface area contributed by atoms with Crippen LogP contribution in [0.5, 0.6) is 5.75 Å². The number of rotatable bonds is 3. The Balaban J connectivity index is 1.84. The van der Waals surface area contributed by atoms with Gasteiger partial charge in [-0.15, -0.1) is 0 Å². The Labute approximate surface area is 99.1 Å². The molecule has 0 spiro atoms. The molecule has 0 atom stereocenters. The van der Waals surface area contributed by atoms with Gasteiger partial charge in [0.25, 0.3) is 0 Å². The number of halogens is 1. The smallest absolute Gasteiger partial charge is 0.133 e. The highest BCUT2D eigenvalue weighted by Gasteiger charge is 2.13. The van der Waals surface area contributed by atoms with E-state index in [1.54, 1.807) is 0 Å². The third-order valence-electron chi connectivity index (χ3n) is 2.77. The molecule has 1 aromatic carbocycles. The molecule has 0 bridgehead atoms. The van der Waals surface area contributed by atoms with Gasteiger partial charge in [0.15, 0.2) is 0 Å². The van der Waals surface area contributed by atoms with Crippen LogP contribution in [0.2, 0.25) is 0 Å². The maximum absolute atomic E-state index is 5.80. The minimum atomic E-state index is 0.707. The second-order valence-corrected chi connectivity index (χ2v) is 4.79. The van der Waals surface area contributed by atoms with E-state index in [-0.39, 0.29) is 0 Å². The van der Waals surface area contributed by atoms with Crippen LogP contribution >= 0.6 is 15.9 Å². The normalized spacial score (nSPS) is 17.7. The zero-order valence-electron chi connectivity index (χ0n) is 8.71. The van der Waals surface area contributed by atoms with Crippen molar-refractivity contribution in [2.75, 3.05) is 19.7 Å². The maximum Gasteiger partial charge on any atom is 0.133 e. The van der Waals surface area contributed by atoms with E-state index < -0.39 is 0 Å². The molecule has 1 saturated heterocycles. The minimum Gasteiger partial charge on any atom is -0.492 e. The van der Waals surface area contributed by atoms with Gasteiger partial charge in [-0.3, -0.25) is 0 Å². The summed E-state index contributed by atoms with van der Waals surface area (Å²) in [5.41, 5.74) is 0. The van der Waals surface area contributed by atoms with Crippen molar-refractivity contribution in [3.63, 3.8) is 0 Å². The van der Waals surface area contributed by atoms with Gasteiger partial charge in [0, 0.05) is 0 Å². The fourth-order valence-corrected chi connectivity index (χ4v) is 2.22. The van der Waals surface area contributed by atoms with Gasteiger partial charge < -0.3 is 10.1 Å². The summed E-state index contributed by atoms with van der Waals surface area (Å²) in [6.07, 6.45) is 2.45. The Bertz CT molecular complexity index is 310. The van der Waals surface area contributed by atoms with Crippen LogP contribution in [0.15, 0.2) is 28.7 Å². The van der Waals surface area contributed by atoms with Crippen LogP contribution in [0, 0.1) is 5.92 Å². The van der Waals surface area contributed by atoms with Gasteiger partial charge in [0.2, 0.25) is 0 Å². The van der Waals surface area contributed by atoms with Crippen LogP contribution in [-0.4, -0.2) is 19.7 Å². The molecule has 1 aromatic rings. The summed E-state index contributed by atoms with van der Waals surface area (Å²) < 4.78 is 6.84. The van der Waals surface area contributed by atoms with Gasteiger partial charge in [-0.25, -0.2) is 0 Å². The molecule has 2 rings (SSSR count). The molecule has 1 heterocycles. The highest BCUT2D eigenvalue weighted by atomic mass is 79.9. The highest BCUT2D eigenvalue weighted by molar-refractivity contribution is 9.10. The van der Waals surface area contributed by atoms with Crippen molar-refractivity contribution < 1.29 is 4.74 Å². The number of nitrogens with one attached hydrogen (secondary N) is 1. The lowest BCUT2D eigenvalue weighted by molar-refractivity contribution is 0.214. The second kappa shape index (κ2) is 5.52. The van der Waals surface area contributed by atoms with Gasteiger partial charge in [-0.2, -0.15) is 0 Å². The van der Waals surface area contributed by atoms with Crippen LogP contribution < -0.4 is 10.1 Å². The molecule has 15 heavy (non-hydrogen) atoms. The number of ether oxygens (including phenoxy) is 1. The number of hydrogen-bond donors (Lipinski definition) is 1. The fourth-order valence-electron chi connectivity index (χ4n) is 1.82. The Morgan fingerprint density at radius 3 is 2.73 bits per heavy atom. The van der Waals surface area contributed by atoms with Crippen molar-refractivity contribution in [1.82, 2.24) is 5.32 Å². The molecule has 82 valence electrons. The van der Waals surface area contributed by atoms with Crippen molar-refractivity contribution in [3.05, 3.63) is 28.7 Å². The summed E-state index contributed by atoms with van der Waals surface area (Å²) in [5, 5.41) is 3.36.